The molecule has 0 bridgehead atoms. The summed E-state index contributed by atoms with van der Waals surface area (Å²) >= 11 is 0. The quantitative estimate of drug-likeness (QED) is 0.627. The van der Waals surface area contributed by atoms with Crippen LogP contribution in [0.3, 0.4) is 0 Å². The van der Waals surface area contributed by atoms with Crippen molar-refractivity contribution in [1.82, 2.24) is 9.88 Å². The van der Waals surface area contributed by atoms with E-state index in [1.54, 1.807) is 31.4 Å². The molecular weight excluding hydrogens is 168 g/mol. The van der Waals surface area contributed by atoms with Gasteiger partial charge in [0.15, 0.2) is 0 Å². The second-order valence-corrected chi connectivity index (χ2v) is 2.57. The van der Waals surface area contributed by atoms with Crippen molar-refractivity contribution in [2.75, 3.05) is 13.6 Å². The normalized spacial score (nSPS) is 9.31. The Morgan fingerprint density at radius 3 is 2.92 bits per heavy atom. The first-order valence-electron chi connectivity index (χ1n) is 3.86. The number of carbonyl (C=O) groups is 2. The lowest BCUT2D eigenvalue weighted by atomic mass is 10.3. The van der Waals surface area contributed by atoms with Gasteiger partial charge in [0.2, 0.25) is 0 Å². The maximum Gasteiger partial charge on any atom is 0.272 e. The molecule has 0 unspecified atom stereocenters. The number of aromatic nitrogens is 1. The summed E-state index contributed by atoms with van der Waals surface area (Å²) in [5, 5.41) is 0. The van der Waals surface area contributed by atoms with Gasteiger partial charge in [-0.1, -0.05) is 6.07 Å². The molecule has 0 radical (unpaired) electrons. The average molecular weight is 178 g/mol. The Morgan fingerprint density at radius 1 is 1.62 bits per heavy atom. The number of hydrogen-bond donors (Lipinski definition) is 0. The predicted octanol–water partition coefficient (Wildman–Crippen LogP) is 0.353. The van der Waals surface area contributed by atoms with Gasteiger partial charge in [-0.3, -0.25) is 9.78 Å². The highest BCUT2D eigenvalue weighted by Gasteiger charge is 2.10. The summed E-state index contributed by atoms with van der Waals surface area (Å²) in [7, 11) is 1.56. The molecular formula is C9H10N2O2. The van der Waals surface area contributed by atoms with Crippen LogP contribution in [0.2, 0.25) is 0 Å². The number of pyridine rings is 1. The summed E-state index contributed by atoms with van der Waals surface area (Å²) < 4.78 is 0. The topological polar surface area (TPSA) is 50.3 Å². The molecule has 0 aliphatic carbocycles. The van der Waals surface area contributed by atoms with E-state index in [0.717, 1.165) is 0 Å². The highest BCUT2D eigenvalue weighted by molar-refractivity contribution is 5.93. The largest absolute Gasteiger partial charge is 0.333 e. The molecule has 0 saturated heterocycles. The van der Waals surface area contributed by atoms with Gasteiger partial charge in [0.1, 0.15) is 12.0 Å². The van der Waals surface area contributed by atoms with Crippen LogP contribution in [0.4, 0.5) is 0 Å². The Bertz CT molecular complexity index is 298. The number of rotatable bonds is 3. The molecule has 13 heavy (non-hydrogen) atoms. The molecule has 0 aliphatic heterocycles. The number of amides is 1. The van der Waals surface area contributed by atoms with E-state index in [1.165, 1.54) is 4.90 Å². The summed E-state index contributed by atoms with van der Waals surface area (Å²) in [6.07, 6.45) is 2.23. The molecule has 68 valence electrons. The molecule has 1 amide bonds. The van der Waals surface area contributed by atoms with Crippen LogP contribution in [-0.4, -0.2) is 35.7 Å². The fourth-order valence-corrected chi connectivity index (χ4v) is 0.880. The van der Waals surface area contributed by atoms with Gasteiger partial charge in [-0.05, 0) is 12.1 Å². The lowest BCUT2D eigenvalue weighted by molar-refractivity contribution is -0.108. The van der Waals surface area contributed by atoms with Crippen molar-refractivity contribution in [3.63, 3.8) is 0 Å². The molecule has 4 heteroatoms. The third-order valence-corrected chi connectivity index (χ3v) is 1.58. The number of carbonyl (C=O) groups excluding carboxylic acids is 2. The standard InChI is InChI=1S/C9H10N2O2/c1-11(6-7-12)9(13)8-4-2-3-5-10-8/h2-5,7H,6H2,1H3. The third-order valence-electron chi connectivity index (χ3n) is 1.58. The van der Waals surface area contributed by atoms with E-state index >= 15 is 0 Å². The zero-order chi connectivity index (χ0) is 9.68. The van der Waals surface area contributed by atoms with Gasteiger partial charge in [-0.15, -0.1) is 0 Å². The van der Waals surface area contributed by atoms with E-state index in [4.69, 9.17) is 0 Å². The summed E-state index contributed by atoms with van der Waals surface area (Å²) in [5.41, 5.74) is 0.354. The van der Waals surface area contributed by atoms with Crippen molar-refractivity contribution in [3.8, 4) is 0 Å². The van der Waals surface area contributed by atoms with Crippen LogP contribution in [0.15, 0.2) is 24.4 Å². The molecule has 1 aromatic rings. The number of likely N-dealkylation sites (N-methyl/N-ethyl adjacent to an activating group) is 1. The molecule has 0 saturated carbocycles. The summed E-state index contributed by atoms with van der Waals surface area (Å²) in [4.78, 5) is 26.8. The lowest BCUT2D eigenvalue weighted by Crippen LogP contribution is -2.28. The first-order valence-corrected chi connectivity index (χ1v) is 3.86. The van der Waals surface area contributed by atoms with E-state index < -0.39 is 0 Å². The summed E-state index contributed by atoms with van der Waals surface area (Å²) in [6.45, 7) is 0.0927. The molecule has 1 rings (SSSR count). The van der Waals surface area contributed by atoms with E-state index in [-0.39, 0.29) is 12.5 Å². The first kappa shape index (κ1) is 9.38. The van der Waals surface area contributed by atoms with Crippen LogP contribution in [0, 0.1) is 0 Å². The zero-order valence-electron chi connectivity index (χ0n) is 7.30. The van der Waals surface area contributed by atoms with Gasteiger partial charge < -0.3 is 9.69 Å². The lowest BCUT2D eigenvalue weighted by Gasteiger charge is -2.12. The van der Waals surface area contributed by atoms with Crippen molar-refractivity contribution < 1.29 is 9.59 Å². The summed E-state index contributed by atoms with van der Waals surface area (Å²) in [6, 6.07) is 5.08. The molecule has 1 heterocycles. The Morgan fingerprint density at radius 2 is 2.38 bits per heavy atom. The average Bonchev–Trinajstić information content (AvgIpc) is 2.18. The molecule has 0 atom stereocenters. The molecule has 0 aliphatic rings. The Kier molecular flexibility index (Phi) is 3.14. The van der Waals surface area contributed by atoms with Gasteiger partial charge in [-0.2, -0.15) is 0 Å². The highest BCUT2D eigenvalue weighted by Crippen LogP contribution is 1.97. The minimum Gasteiger partial charge on any atom is -0.333 e. The van der Waals surface area contributed by atoms with Crippen molar-refractivity contribution in [2.45, 2.75) is 0 Å². The molecule has 0 N–H and O–H groups in total. The van der Waals surface area contributed by atoms with Gasteiger partial charge >= 0.3 is 0 Å². The van der Waals surface area contributed by atoms with Crippen LogP contribution in [0.1, 0.15) is 10.5 Å². The Hall–Kier alpha value is -1.71. The van der Waals surface area contributed by atoms with Crippen molar-refractivity contribution in [1.29, 1.82) is 0 Å². The van der Waals surface area contributed by atoms with Crippen molar-refractivity contribution in [3.05, 3.63) is 30.1 Å². The SMILES string of the molecule is CN(CC=O)C(=O)c1ccccn1. The van der Waals surface area contributed by atoms with E-state index in [2.05, 4.69) is 4.98 Å². The van der Waals surface area contributed by atoms with E-state index in [1.807, 2.05) is 0 Å². The van der Waals surface area contributed by atoms with Crippen molar-refractivity contribution >= 4 is 12.2 Å². The maximum absolute atomic E-state index is 11.4. The molecule has 4 nitrogen and oxygen atoms in total. The number of hydrogen-bond acceptors (Lipinski definition) is 3. The zero-order valence-corrected chi connectivity index (χ0v) is 7.30. The Balaban J connectivity index is 2.73. The minimum atomic E-state index is -0.243. The van der Waals surface area contributed by atoms with E-state index in [9.17, 15) is 9.59 Å². The Labute approximate surface area is 76.2 Å². The first-order chi connectivity index (χ1) is 6.25. The molecule has 0 aromatic carbocycles. The third kappa shape index (κ3) is 2.37. The predicted molar refractivity (Wildman–Crippen MR) is 47.3 cm³/mol. The van der Waals surface area contributed by atoms with Crippen LogP contribution in [0.5, 0.6) is 0 Å². The van der Waals surface area contributed by atoms with Gasteiger partial charge in [0.05, 0.1) is 6.54 Å². The van der Waals surface area contributed by atoms with Crippen LogP contribution in [-0.2, 0) is 4.79 Å². The smallest absolute Gasteiger partial charge is 0.272 e. The second kappa shape index (κ2) is 4.35. The second-order valence-electron chi connectivity index (χ2n) is 2.57. The van der Waals surface area contributed by atoms with Gasteiger partial charge in [-0.25, -0.2) is 0 Å². The molecule has 0 spiro atoms. The summed E-state index contributed by atoms with van der Waals surface area (Å²) in [5.74, 6) is -0.243. The number of nitrogens with zero attached hydrogens (tertiary/aromatic N) is 2. The maximum atomic E-state index is 11.4. The highest BCUT2D eigenvalue weighted by atomic mass is 16.2. The number of aldehydes is 1. The monoisotopic (exact) mass is 178 g/mol. The van der Waals surface area contributed by atoms with Crippen molar-refractivity contribution in [2.24, 2.45) is 0 Å². The van der Waals surface area contributed by atoms with Gasteiger partial charge in [0, 0.05) is 13.2 Å². The van der Waals surface area contributed by atoms with Crippen LogP contribution < -0.4 is 0 Å². The molecule has 1 aromatic heterocycles. The molecule has 0 fully saturated rings. The van der Waals surface area contributed by atoms with Gasteiger partial charge in [0.25, 0.3) is 5.91 Å². The minimum absolute atomic E-state index is 0.0927. The van der Waals surface area contributed by atoms with E-state index in [0.29, 0.717) is 12.0 Å². The van der Waals surface area contributed by atoms with Crippen LogP contribution in [0.25, 0.3) is 0 Å². The fraction of sp³-hybridized carbons (Fsp3) is 0.222. The van der Waals surface area contributed by atoms with Crippen LogP contribution >= 0.6 is 0 Å². The fourth-order valence-electron chi connectivity index (χ4n) is 0.880.